The summed E-state index contributed by atoms with van der Waals surface area (Å²) in [5, 5.41) is 10.3. The minimum Gasteiger partial charge on any atom is -0.497 e. The van der Waals surface area contributed by atoms with Crippen LogP contribution < -0.4 is 9.47 Å². The van der Waals surface area contributed by atoms with Gasteiger partial charge in [0.05, 0.1) is 20.5 Å². The van der Waals surface area contributed by atoms with Gasteiger partial charge in [-0.15, -0.1) is 0 Å². The zero-order chi connectivity index (χ0) is 13.1. The van der Waals surface area contributed by atoms with Gasteiger partial charge in [0.25, 0.3) is 0 Å². The van der Waals surface area contributed by atoms with E-state index < -0.39 is 6.10 Å². The molecular formula is C14H16O4. The molecule has 4 nitrogen and oxygen atoms in total. The van der Waals surface area contributed by atoms with Gasteiger partial charge in [-0.05, 0) is 25.1 Å². The maximum Gasteiger partial charge on any atom is 0.128 e. The zero-order valence-corrected chi connectivity index (χ0v) is 10.6. The fraction of sp³-hybridized carbons (Fsp3) is 0.286. The molecule has 0 saturated heterocycles. The monoisotopic (exact) mass is 248 g/mol. The zero-order valence-electron chi connectivity index (χ0n) is 10.6. The number of hydrogen-bond acceptors (Lipinski definition) is 4. The lowest BCUT2D eigenvalue weighted by atomic mass is 10.0. The van der Waals surface area contributed by atoms with Crippen LogP contribution in [-0.4, -0.2) is 19.3 Å². The third-order valence-corrected chi connectivity index (χ3v) is 2.80. The Morgan fingerprint density at radius 1 is 1.17 bits per heavy atom. The summed E-state index contributed by atoms with van der Waals surface area (Å²) in [7, 11) is 3.15. The van der Waals surface area contributed by atoms with Crippen molar-refractivity contribution in [3.8, 4) is 11.5 Å². The smallest absolute Gasteiger partial charge is 0.128 e. The Bertz CT molecular complexity index is 530. The molecular weight excluding hydrogens is 232 g/mol. The summed E-state index contributed by atoms with van der Waals surface area (Å²) >= 11 is 0. The summed E-state index contributed by atoms with van der Waals surface area (Å²) in [4.78, 5) is 0. The molecule has 96 valence electrons. The normalized spacial score (nSPS) is 12.2. The quantitative estimate of drug-likeness (QED) is 0.903. The van der Waals surface area contributed by atoms with Gasteiger partial charge >= 0.3 is 0 Å². The third kappa shape index (κ3) is 2.33. The Morgan fingerprint density at radius 2 is 1.94 bits per heavy atom. The third-order valence-electron chi connectivity index (χ3n) is 2.80. The SMILES string of the molecule is COc1ccc(C(O)c2coc(C)c2)c(OC)c1. The molecule has 1 heterocycles. The number of benzene rings is 1. The first-order valence-electron chi connectivity index (χ1n) is 5.60. The second-order valence-electron chi connectivity index (χ2n) is 4.00. The van der Waals surface area contributed by atoms with E-state index in [0.717, 1.165) is 5.76 Å². The first-order chi connectivity index (χ1) is 8.65. The molecule has 0 aliphatic rings. The second-order valence-corrected chi connectivity index (χ2v) is 4.00. The molecule has 0 aliphatic heterocycles. The molecule has 1 atom stereocenters. The van der Waals surface area contributed by atoms with E-state index in [4.69, 9.17) is 13.9 Å². The molecule has 2 aromatic rings. The van der Waals surface area contributed by atoms with Crippen molar-refractivity contribution in [1.82, 2.24) is 0 Å². The maximum atomic E-state index is 10.3. The molecule has 0 amide bonds. The van der Waals surface area contributed by atoms with Gasteiger partial charge in [-0.25, -0.2) is 0 Å². The van der Waals surface area contributed by atoms with Crippen molar-refractivity contribution < 1.29 is 19.0 Å². The number of methoxy groups -OCH3 is 2. The highest BCUT2D eigenvalue weighted by atomic mass is 16.5. The van der Waals surface area contributed by atoms with Crippen molar-refractivity contribution in [2.45, 2.75) is 13.0 Å². The van der Waals surface area contributed by atoms with Crippen LogP contribution in [-0.2, 0) is 0 Å². The van der Waals surface area contributed by atoms with Crippen LogP contribution >= 0.6 is 0 Å². The lowest BCUT2D eigenvalue weighted by Gasteiger charge is -2.14. The van der Waals surface area contributed by atoms with E-state index in [1.165, 1.54) is 0 Å². The summed E-state index contributed by atoms with van der Waals surface area (Å²) in [5.41, 5.74) is 1.38. The lowest BCUT2D eigenvalue weighted by Crippen LogP contribution is -2.01. The van der Waals surface area contributed by atoms with Gasteiger partial charge in [-0.2, -0.15) is 0 Å². The molecule has 1 N–H and O–H groups in total. The highest BCUT2D eigenvalue weighted by Gasteiger charge is 2.17. The van der Waals surface area contributed by atoms with E-state index in [1.54, 1.807) is 44.7 Å². The van der Waals surface area contributed by atoms with Crippen molar-refractivity contribution >= 4 is 0 Å². The van der Waals surface area contributed by atoms with Crippen molar-refractivity contribution in [2.24, 2.45) is 0 Å². The minimum absolute atomic E-state index is 0.584. The first-order valence-corrected chi connectivity index (χ1v) is 5.60. The number of ether oxygens (including phenoxy) is 2. The molecule has 1 aromatic carbocycles. The van der Waals surface area contributed by atoms with Crippen LogP contribution in [0.1, 0.15) is 23.0 Å². The van der Waals surface area contributed by atoms with Crippen LogP contribution in [0, 0.1) is 6.92 Å². The molecule has 0 aliphatic carbocycles. The van der Waals surface area contributed by atoms with E-state index >= 15 is 0 Å². The van der Waals surface area contributed by atoms with Crippen LogP contribution in [0.2, 0.25) is 0 Å². The highest BCUT2D eigenvalue weighted by Crippen LogP contribution is 2.33. The van der Waals surface area contributed by atoms with Crippen LogP contribution in [0.5, 0.6) is 11.5 Å². The Morgan fingerprint density at radius 3 is 2.50 bits per heavy atom. The number of rotatable bonds is 4. The molecule has 0 bridgehead atoms. The van der Waals surface area contributed by atoms with Crippen LogP contribution in [0.3, 0.4) is 0 Å². The summed E-state index contributed by atoms with van der Waals surface area (Å²) in [6, 6.07) is 7.11. The average molecular weight is 248 g/mol. The Kier molecular flexibility index (Phi) is 3.58. The van der Waals surface area contributed by atoms with Gasteiger partial charge in [0.2, 0.25) is 0 Å². The molecule has 1 aromatic heterocycles. The van der Waals surface area contributed by atoms with Gasteiger partial charge in [0.15, 0.2) is 0 Å². The predicted octanol–water partition coefficient (Wildman–Crippen LogP) is 2.69. The number of aliphatic hydroxyl groups excluding tert-OH is 1. The van der Waals surface area contributed by atoms with Crippen molar-refractivity contribution in [1.29, 1.82) is 0 Å². The van der Waals surface area contributed by atoms with E-state index in [-0.39, 0.29) is 0 Å². The van der Waals surface area contributed by atoms with Crippen molar-refractivity contribution in [3.63, 3.8) is 0 Å². The number of furan rings is 1. The van der Waals surface area contributed by atoms with Gasteiger partial charge in [0, 0.05) is 17.2 Å². The van der Waals surface area contributed by atoms with Gasteiger partial charge in [0.1, 0.15) is 23.4 Å². The molecule has 4 heteroatoms. The Balaban J connectivity index is 2.38. The van der Waals surface area contributed by atoms with Crippen molar-refractivity contribution in [3.05, 3.63) is 47.4 Å². The predicted molar refractivity (Wildman–Crippen MR) is 67.1 cm³/mol. The van der Waals surface area contributed by atoms with E-state index in [2.05, 4.69) is 0 Å². The van der Waals surface area contributed by atoms with E-state index in [0.29, 0.717) is 22.6 Å². The first kappa shape index (κ1) is 12.5. The molecule has 0 spiro atoms. The fourth-order valence-electron chi connectivity index (χ4n) is 1.83. The van der Waals surface area contributed by atoms with Crippen molar-refractivity contribution in [2.75, 3.05) is 14.2 Å². The maximum absolute atomic E-state index is 10.3. The Labute approximate surface area is 106 Å². The molecule has 1 unspecified atom stereocenters. The minimum atomic E-state index is -0.775. The fourth-order valence-corrected chi connectivity index (χ4v) is 1.83. The second kappa shape index (κ2) is 5.14. The largest absolute Gasteiger partial charge is 0.497 e. The summed E-state index contributed by atoms with van der Waals surface area (Å²) in [6.07, 6.45) is 0.771. The van der Waals surface area contributed by atoms with E-state index in [1.807, 2.05) is 6.92 Å². The Hall–Kier alpha value is -1.94. The topological polar surface area (TPSA) is 51.8 Å². The van der Waals surface area contributed by atoms with Gasteiger partial charge in [-0.3, -0.25) is 0 Å². The number of hydrogen-bond donors (Lipinski definition) is 1. The summed E-state index contributed by atoms with van der Waals surface area (Å²) in [6.45, 7) is 1.83. The molecule has 0 fully saturated rings. The number of aliphatic hydroxyl groups is 1. The van der Waals surface area contributed by atoms with Gasteiger partial charge in [-0.1, -0.05) is 0 Å². The van der Waals surface area contributed by atoms with E-state index in [9.17, 15) is 5.11 Å². The molecule has 2 rings (SSSR count). The lowest BCUT2D eigenvalue weighted by molar-refractivity contribution is 0.213. The highest BCUT2D eigenvalue weighted by molar-refractivity contribution is 5.44. The standard InChI is InChI=1S/C14H16O4/c1-9-6-10(8-18-9)14(15)12-5-4-11(16-2)7-13(12)17-3/h4-8,14-15H,1-3H3. The number of aryl methyl sites for hydroxylation is 1. The van der Waals surface area contributed by atoms with Crippen LogP contribution in [0.25, 0.3) is 0 Å². The van der Waals surface area contributed by atoms with Crippen LogP contribution in [0.15, 0.2) is 34.9 Å². The van der Waals surface area contributed by atoms with Crippen LogP contribution in [0.4, 0.5) is 0 Å². The molecule has 0 radical (unpaired) electrons. The molecule has 0 saturated carbocycles. The summed E-state index contributed by atoms with van der Waals surface area (Å²) in [5.74, 6) is 2.03. The van der Waals surface area contributed by atoms with Gasteiger partial charge < -0.3 is 19.0 Å². The molecule has 18 heavy (non-hydrogen) atoms. The average Bonchev–Trinajstić information content (AvgIpc) is 2.83. The summed E-state index contributed by atoms with van der Waals surface area (Å²) < 4.78 is 15.6.